The number of hydrogen-bond acceptors (Lipinski definition) is 3. The second-order valence-electron chi connectivity index (χ2n) is 7.58. The predicted octanol–water partition coefficient (Wildman–Crippen LogP) is 7.82. The molecule has 25 heavy (non-hydrogen) atoms. The molecule has 1 N–H and O–H groups in total. The van der Waals surface area contributed by atoms with E-state index in [1.165, 1.54) is 109 Å². The Balaban J connectivity index is 2.99. The van der Waals surface area contributed by atoms with Crippen molar-refractivity contribution in [2.75, 3.05) is 0 Å². The molecule has 0 unspecified atom stereocenters. The fourth-order valence-corrected chi connectivity index (χ4v) is 3.39. The highest BCUT2D eigenvalue weighted by Crippen LogP contribution is 2.14. The van der Waals surface area contributed by atoms with Gasteiger partial charge < -0.3 is 4.89 Å². The number of carbonyl (C=O) groups excluding carboxylic acids is 1. The van der Waals surface area contributed by atoms with Crippen LogP contribution >= 0.6 is 0 Å². The molecule has 0 aliphatic carbocycles. The van der Waals surface area contributed by atoms with Crippen molar-refractivity contribution >= 4 is 5.97 Å². The first-order valence-electron chi connectivity index (χ1n) is 11.2. The monoisotopic (exact) mass is 356 g/mol. The molecule has 3 nitrogen and oxygen atoms in total. The zero-order valence-corrected chi connectivity index (χ0v) is 16.9. The molecule has 0 saturated heterocycles. The number of rotatable bonds is 20. The molecule has 0 atom stereocenters. The topological polar surface area (TPSA) is 46.5 Å². The van der Waals surface area contributed by atoms with E-state index in [1.807, 2.05) is 0 Å². The minimum atomic E-state index is -0.507. The lowest BCUT2D eigenvalue weighted by Gasteiger charge is -2.04. The zero-order chi connectivity index (χ0) is 18.4. The van der Waals surface area contributed by atoms with Crippen LogP contribution in [0.25, 0.3) is 0 Å². The van der Waals surface area contributed by atoms with Crippen LogP contribution in [-0.4, -0.2) is 11.2 Å². The van der Waals surface area contributed by atoms with E-state index in [0.29, 0.717) is 6.42 Å². The zero-order valence-electron chi connectivity index (χ0n) is 16.9. The van der Waals surface area contributed by atoms with Crippen LogP contribution in [0.3, 0.4) is 0 Å². The summed E-state index contributed by atoms with van der Waals surface area (Å²) in [6, 6.07) is 0. The van der Waals surface area contributed by atoms with Gasteiger partial charge in [-0.2, -0.15) is 5.26 Å². The van der Waals surface area contributed by atoms with Crippen molar-refractivity contribution in [1.29, 1.82) is 0 Å². The SMILES string of the molecule is CCCCCCCCCCCCCCCCCCCCCC(=O)OO. The van der Waals surface area contributed by atoms with E-state index in [-0.39, 0.29) is 0 Å². The van der Waals surface area contributed by atoms with Gasteiger partial charge in [-0.1, -0.05) is 122 Å². The highest BCUT2D eigenvalue weighted by molar-refractivity contribution is 5.68. The largest absolute Gasteiger partial charge is 0.342 e. The first-order chi connectivity index (χ1) is 12.3. The lowest BCUT2D eigenvalue weighted by atomic mass is 10.0. The van der Waals surface area contributed by atoms with Gasteiger partial charge in [0.2, 0.25) is 0 Å². The van der Waals surface area contributed by atoms with Crippen LogP contribution in [0.5, 0.6) is 0 Å². The van der Waals surface area contributed by atoms with Gasteiger partial charge in [0.15, 0.2) is 0 Å². The predicted molar refractivity (Wildman–Crippen MR) is 107 cm³/mol. The lowest BCUT2D eigenvalue weighted by Crippen LogP contribution is -1.99. The molecule has 0 aromatic carbocycles. The summed E-state index contributed by atoms with van der Waals surface area (Å²) in [5.74, 6) is -0.507. The number of unbranched alkanes of at least 4 members (excludes halogenated alkanes) is 18. The molecule has 0 fully saturated rings. The van der Waals surface area contributed by atoms with Crippen LogP contribution < -0.4 is 0 Å². The number of carbonyl (C=O) groups is 1. The van der Waals surface area contributed by atoms with Gasteiger partial charge >= 0.3 is 5.97 Å². The quantitative estimate of drug-likeness (QED) is 0.137. The average molecular weight is 357 g/mol. The van der Waals surface area contributed by atoms with Gasteiger partial charge in [0, 0.05) is 6.42 Å². The molecule has 3 heteroatoms. The molecule has 0 amide bonds. The molecule has 0 aliphatic rings. The van der Waals surface area contributed by atoms with Crippen molar-refractivity contribution in [3.05, 3.63) is 0 Å². The smallest absolute Gasteiger partial charge is 0.301 e. The molecule has 0 heterocycles. The van der Waals surface area contributed by atoms with Crippen LogP contribution in [0.1, 0.15) is 135 Å². The Labute approximate surface area is 156 Å². The lowest BCUT2D eigenvalue weighted by molar-refractivity contribution is -0.234. The van der Waals surface area contributed by atoms with Crippen molar-refractivity contribution in [3.63, 3.8) is 0 Å². The molecule has 0 aromatic rings. The van der Waals surface area contributed by atoms with Crippen LogP contribution in [0.15, 0.2) is 0 Å². The summed E-state index contributed by atoms with van der Waals surface area (Å²) in [5, 5.41) is 8.14. The Morgan fingerprint density at radius 3 is 1.12 bits per heavy atom. The van der Waals surface area contributed by atoms with E-state index in [2.05, 4.69) is 11.8 Å². The Kier molecular flexibility index (Phi) is 21.0. The van der Waals surface area contributed by atoms with Gasteiger partial charge in [-0.15, -0.1) is 0 Å². The van der Waals surface area contributed by atoms with Crippen LogP contribution in [0.2, 0.25) is 0 Å². The standard InChI is InChI=1S/C22H44O3/c1-2-3-4-5-6-7-8-9-10-11-12-13-14-15-16-17-18-19-20-21-22(23)25-24/h24H,2-21H2,1H3. The average Bonchev–Trinajstić information content (AvgIpc) is 2.63. The van der Waals surface area contributed by atoms with Crippen LogP contribution in [-0.2, 0) is 9.68 Å². The van der Waals surface area contributed by atoms with Crippen molar-refractivity contribution < 1.29 is 14.9 Å². The van der Waals surface area contributed by atoms with Crippen molar-refractivity contribution in [3.8, 4) is 0 Å². The van der Waals surface area contributed by atoms with Gasteiger partial charge in [0.05, 0.1) is 0 Å². The molecular formula is C22H44O3. The summed E-state index contributed by atoms with van der Waals surface area (Å²) in [6.07, 6.45) is 25.9. The van der Waals surface area contributed by atoms with E-state index in [0.717, 1.165) is 12.8 Å². The summed E-state index contributed by atoms with van der Waals surface area (Å²) in [4.78, 5) is 14.4. The highest BCUT2D eigenvalue weighted by Gasteiger charge is 2.00. The van der Waals surface area contributed by atoms with Crippen molar-refractivity contribution in [1.82, 2.24) is 0 Å². The Morgan fingerprint density at radius 1 is 0.560 bits per heavy atom. The third-order valence-electron chi connectivity index (χ3n) is 5.09. The molecular weight excluding hydrogens is 312 g/mol. The molecule has 0 rings (SSSR count). The van der Waals surface area contributed by atoms with Gasteiger partial charge in [-0.3, -0.25) is 0 Å². The van der Waals surface area contributed by atoms with Gasteiger partial charge in [-0.05, 0) is 6.42 Å². The van der Waals surface area contributed by atoms with E-state index in [9.17, 15) is 4.79 Å². The third-order valence-corrected chi connectivity index (χ3v) is 5.09. The van der Waals surface area contributed by atoms with Crippen LogP contribution in [0, 0.1) is 0 Å². The Morgan fingerprint density at radius 2 is 0.840 bits per heavy atom. The third kappa shape index (κ3) is 21.4. The Hall–Kier alpha value is -0.570. The minimum Gasteiger partial charge on any atom is -0.301 e. The summed E-state index contributed by atoms with van der Waals surface area (Å²) >= 11 is 0. The summed E-state index contributed by atoms with van der Waals surface area (Å²) in [7, 11) is 0. The maximum atomic E-state index is 10.7. The number of hydrogen-bond donors (Lipinski definition) is 1. The molecule has 0 aromatic heterocycles. The molecule has 0 saturated carbocycles. The summed E-state index contributed by atoms with van der Waals surface area (Å²) in [6.45, 7) is 2.28. The van der Waals surface area contributed by atoms with E-state index >= 15 is 0 Å². The van der Waals surface area contributed by atoms with Crippen LogP contribution in [0.4, 0.5) is 0 Å². The first kappa shape index (κ1) is 24.4. The Bertz CT molecular complexity index is 266. The van der Waals surface area contributed by atoms with Gasteiger partial charge in [-0.25, -0.2) is 4.79 Å². The maximum Gasteiger partial charge on any atom is 0.342 e. The molecule has 0 bridgehead atoms. The fourth-order valence-electron chi connectivity index (χ4n) is 3.39. The van der Waals surface area contributed by atoms with E-state index in [1.54, 1.807) is 0 Å². The molecule has 150 valence electrons. The fraction of sp³-hybridized carbons (Fsp3) is 0.955. The molecule has 0 aliphatic heterocycles. The second-order valence-corrected chi connectivity index (χ2v) is 7.58. The summed E-state index contributed by atoms with van der Waals surface area (Å²) < 4.78 is 0. The molecule has 0 radical (unpaired) electrons. The summed E-state index contributed by atoms with van der Waals surface area (Å²) in [5.41, 5.74) is 0. The van der Waals surface area contributed by atoms with Gasteiger partial charge in [0.1, 0.15) is 0 Å². The minimum absolute atomic E-state index is 0.343. The normalized spacial score (nSPS) is 11.0. The van der Waals surface area contributed by atoms with E-state index < -0.39 is 5.97 Å². The first-order valence-corrected chi connectivity index (χ1v) is 11.2. The van der Waals surface area contributed by atoms with Crippen molar-refractivity contribution in [2.45, 2.75) is 135 Å². The van der Waals surface area contributed by atoms with E-state index in [4.69, 9.17) is 5.26 Å². The second kappa shape index (κ2) is 21.5. The van der Waals surface area contributed by atoms with Gasteiger partial charge in [0.25, 0.3) is 0 Å². The molecule has 0 spiro atoms. The highest BCUT2D eigenvalue weighted by atomic mass is 17.1. The maximum absolute atomic E-state index is 10.7. The van der Waals surface area contributed by atoms with Crippen molar-refractivity contribution in [2.24, 2.45) is 0 Å².